The number of hydrogen-bond donors (Lipinski definition) is 1. The topological polar surface area (TPSA) is 67.9 Å². The largest absolute Gasteiger partial charge is 0.451 e. The molecule has 0 aliphatic heterocycles. The van der Waals surface area contributed by atoms with Crippen LogP contribution in [0, 0.1) is 0 Å². The second-order valence-corrected chi connectivity index (χ2v) is 1.87. The van der Waals surface area contributed by atoms with Gasteiger partial charge in [0.15, 0.2) is 0 Å². The summed E-state index contributed by atoms with van der Waals surface area (Å²) in [6.07, 6.45) is 1.73. The second-order valence-electron chi connectivity index (χ2n) is 1.87. The van der Waals surface area contributed by atoms with E-state index in [1.165, 1.54) is 14.2 Å². The van der Waals surface area contributed by atoms with Gasteiger partial charge in [-0.1, -0.05) is 0 Å². The summed E-state index contributed by atoms with van der Waals surface area (Å²) in [5, 5.41) is 4.85. The Bertz CT molecular complexity index is 147. The van der Waals surface area contributed by atoms with Crippen molar-refractivity contribution in [2.75, 3.05) is 20.7 Å². The monoisotopic (exact) mass is 159 g/mol. The highest BCUT2D eigenvalue weighted by atomic mass is 16.5. The van der Waals surface area contributed by atoms with E-state index in [1.807, 2.05) is 0 Å². The standard InChI is InChI=1S/C6H13N3O2/c1-9(6(10)11-2)8-5-3-4-7/h5H,3-4,7H2,1-2H3/b8-5+. The lowest BCUT2D eigenvalue weighted by Crippen LogP contribution is -2.20. The van der Waals surface area contributed by atoms with E-state index in [0.717, 1.165) is 5.01 Å². The van der Waals surface area contributed by atoms with Crippen molar-refractivity contribution in [1.29, 1.82) is 0 Å². The summed E-state index contributed by atoms with van der Waals surface area (Å²) in [5.74, 6) is 0. The summed E-state index contributed by atoms with van der Waals surface area (Å²) in [5.41, 5.74) is 5.20. The minimum atomic E-state index is -0.488. The predicted octanol–water partition coefficient (Wildman–Crippen LogP) is 0.0192. The summed E-state index contributed by atoms with van der Waals surface area (Å²) >= 11 is 0. The molecule has 11 heavy (non-hydrogen) atoms. The molecule has 0 aromatic carbocycles. The molecule has 1 amide bonds. The molecule has 0 aromatic rings. The predicted molar refractivity (Wildman–Crippen MR) is 42.3 cm³/mol. The fourth-order valence-electron chi connectivity index (χ4n) is 0.434. The Balaban J connectivity index is 3.66. The first-order chi connectivity index (χ1) is 5.22. The van der Waals surface area contributed by atoms with Crippen molar-refractivity contribution in [3.63, 3.8) is 0 Å². The molecule has 5 nitrogen and oxygen atoms in total. The van der Waals surface area contributed by atoms with Crippen LogP contribution in [0.15, 0.2) is 5.10 Å². The third-order valence-corrected chi connectivity index (χ3v) is 0.989. The van der Waals surface area contributed by atoms with Gasteiger partial charge in [-0.05, 0) is 13.0 Å². The Kier molecular flexibility index (Phi) is 5.10. The molecular weight excluding hydrogens is 146 g/mol. The number of ether oxygens (including phenoxy) is 1. The number of amides is 1. The summed E-state index contributed by atoms with van der Waals surface area (Å²) in [6.45, 7) is 0.526. The number of rotatable bonds is 3. The molecule has 0 rings (SSSR count). The van der Waals surface area contributed by atoms with Crippen molar-refractivity contribution in [2.24, 2.45) is 10.8 Å². The van der Waals surface area contributed by atoms with Gasteiger partial charge >= 0.3 is 6.09 Å². The lowest BCUT2D eigenvalue weighted by Gasteiger charge is -2.07. The number of nitrogens with zero attached hydrogens (tertiary/aromatic N) is 2. The van der Waals surface area contributed by atoms with Crippen LogP contribution in [0.5, 0.6) is 0 Å². The molecule has 2 N–H and O–H groups in total. The Morgan fingerprint density at radius 3 is 2.91 bits per heavy atom. The van der Waals surface area contributed by atoms with Crippen LogP contribution in [0.2, 0.25) is 0 Å². The molecule has 0 aromatic heterocycles. The van der Waals surface area contributed by atoms with Gasteiger partial charge in [-0.15, -0.1) is 0 Å². The highest BCUT2D eigenvalue weighted by molar-refractivity contribution is 5.68. The average molecular weight is 159 g/mol. The van der Waals surface area contributed by atoms with Crippen LogP contribution in [0.4, 0.5) is 4.79 Å². The number of hydrogen-bond acceptors (Lipinski definition) is 4. The zero-order valence-corrected chi connectivity index (χ0v) is 6.78. The Labute approximate surface area is 65.8 Å². The Morgan fingerprint density at radius 2 is 2.45 bits per heavy atom. The number of nitrogens with two attached hydrogens (primary N) is 1. The van der Waals surface area contributed by atoms with Gasteiger partial charge in [0, 0.05) is 13.3 Å². The maximum Gasteiger partial charge on any atom is 0.429 e. The first kappa shape index (κ1) is 9.90. The van der Waals surface area contributed by atoms with E-state index in [1.54, 1.807) is 6.21 Å². The van der Waals surface area contributed by atoms with Gasteiger partial charge in [-0.25, -0.2) is 9.80 Å². The van der Waals surface area contributed by atoms with Crippen molar-refractivity contribution in [1.82, 2.24) is 5.01 Å². The lowest BCUT2D eigenvalue weighted by atomic mass is 10.5. The molecule has 0 atom stereocenters. The fraction of sp³-hybridized carbons (Fsp3) is 0.667. The minimum absolute atomic E-state index is 0.488. The molecule has 0 saturated carbocycles. The first-order valence-corrected chi connectivity index (χ1v) is 3.26. The van der Waals surface area contributed by atoms with E-state index in [4.69, 9.17) is 5.73 Å². The van der Waals surface area contributed by atoms with Crippen molar-refractivity contribution >= 4 is 12.3 Å². The smallest absolute Gasteiger partial charge is 0.429 e. The molecule has 0 heterocycles. The quantitative estimate of drug-likeness (QED) is 0.466. The van der Waals surface area contributed by atoms with Crippen LogP contribution in [0.3, 0.4) is 0 Å². The number of hydrazone groups is 1. The van der Waals surface area contributed by atoms with E-state index >= 15 is 0 Å². The van der Waals surface area contributed by atoms with Gasteiger partial charge < -0.3 is 10.5 Å². The third kappa shape index (κ3) is 4.32. The molecule has 0 bridgehead atoms. The minimum Gasteiger partial charge on any atom is -0.451 e. The zero-order chi connectivity index (χ0) is 8.69. The molecule has 0 aliphatic rings. The molecule has 5 heteroatoms. The van der Waals surface area contributed by atoms with Crippen LogP contribution in [0.25, 0.3) is 0 Å². The maximum atomic E-state index is 10.7. The summed E-state index contributed by atoms with van der Waals surface area (Å²) < 4.78 is 4.38. The van der Waals surface area contributed by atoms with E-state index in [-0.39, 0.29) is 0 Å². The van der Waals surface area contributed by atoms with E-state index in [9.17, 15) is 4.79 Å². The van der Waals surface area contributed by atoms with Crippen LogP contribution >= 0.6 is 0 Å². The SMILES string of the molecule is COC(=O)N(C)/N=C/CCN. The summed E-state index contributed by atoms with van der Waals surface area (Å²) in [4.78, 5) is 10.7. The normalized spacial score (nSPS) is 10.1. The molecule has 0 fully saturated rings. The number of methoxy groups -OCH3 is 1. The zero-order valence-electron chi connectivity index (χ0n) is 6.78. The average Bonchev–Trinajstić information content (AvgIpc) is 2.03. The first-order valence-electron chi connectivity index (χ1n) is 3.26. The molecular formula is C6H13N3O2. The van der Waals surface area contributed by atoms with Gasteiger partial charge in [-0.2, -0.15) is 5.10 Å². The van der Waals surface area contributed by atoms with Crippen LogP contribution < -0.4 is 5.73 Å². The highest BCUT2D eigenvalue weighted by Gasteiger charge is 2.03. The molecule has 0 unspecified atom stereocenters. The van der Waals surface area contributed by atoms with Gasteiger partial charge in [0.25, 0.3) is 0 Å². The Hall–Kier alpha value is -1.10. The van der Waals surface area contributed by atoms with Gasteiger partial charge in [0.1, 0.15) is 0 Å². The number of carbonyl (C=O) groups excluding carboxylic acids is 1. The van der Waals surface area contributed by atoms with Crippen LogP contribution in [0.1, 0.15) is 6.42 Å². The third-order valence-electron chi connectivity index (χ3n) is 0.989. The van der Waals surface area contributed by atoms with Gasteiger partial charge in [-0.3, -0.25) is 0 Å². The van der Waals surface area contributed by atoms with E-state index in [0.29, 0.717) is 13.0 Å². The molecule has 0 spiro atoms. The van der Waals surface area contributed by atoms with Crippen molar-refractivity contribution < 1.29 is 9.53 Å². The van der Waals surface area contributed by atoms with Crippen LogP contribution in [-0.4, -0.2) is 38.0 Å². The Morgan fingerprint density at radius 1 is 1.82 bits per heavy atom. The van der Waals surface area contributed by atoms with E-state index in [2.05, 4.69) is 9.84 Å². The lowest BCUT2D eigenvalue weighted by molar-refractivity contribution is 0.135. The molecule has 0 aliphatic carbocycles. The van der Waals surface area contributed by atoms with Crippen molar-refractivity contribution in [2.45, 2.75) is 6.42 Å². The summed E-state index contributed by atoms with van der Waals surface area (Å²) in [6, 6.07) is 0. The molecule has 0 saturated heterocycles. The van der Waals surface area contributed by atoms with Crippen molar-refractivity contribution in [3.05, 3.63) is 0 Å². The summed E-state index contributed by atoms with van der Waals surface area (Å²) in [7, 11) is 2.82. The van der Waals surface area contributed by atoms with Crippen molar-refractivity contribution in [3.8, 4) is 0 Å². The molecule has 64 valence electrons. The van der Waals surface area contributed by atoms with Gasteiger partial charge in [0.05, 0.1) is 7.11 Å². The van der Waals surface area contributed by atoms with Gasteiger partial charge in [0.2, 0.25) is 0 Å². The molecule has 0 radical (unpaired) electrons. The van der Waals surface area contributed by atoms with E-state index < -0.39 is 6.09 Å². The fourth-order valence-corrected chi connectivity index (χ4v) is 0.434. The second kappa shape index (κ2) is 5.67. The highest BCUT2D eigenvalue weighted by Crippen LogP contribution is 1.87. The number of carbonyl (C=O) groups is 1. The van der Waals surface area contributed by atoms with Crippen LogP contribution in [-0.2, 0) is 4.74 Å². The maximum absolute atomic E-state index is 10.7.